The molecule has 0 aromatic heterocycles. The molecule has 5 nitrogen and oxygen atoms in total. The van der Waals surface area contributed by atoms with Gasteiger partial charge in [-0.05, 0) is 54.6 Å². The molecule has 156 valence electrons. The van der Waals surface area contributed by atoms with E-state index in [4.69, 9.17) is 46.4 Å². The second-order valence-corrected chi connectivity index (χ2v) is 9.29. The van der Waals surface area contributed by atoms with Crippen LogP contribution in [0.15, 0.2) is 59.5 Å². The first kappa shape index (κ1) is 22.7. The van der Waals surface area contributed by atoms with E-state index in [1.807, 2.05) is 0 Å². The zero-order valence-electron chi connectivity index (χ0n) is 14.7. The van der Waals surface area contributed by atoms with Crippen molar-refractivity contribution >= 4 is 73.7 Å². The number of carbonyl (C=O) groups excluding carboxylic acids is 1. The van der Waals surface area contributed by atoms with Gasteiger partial charge >= 0.3 is 0 Å². The highest BCUT2D eigenvalue weighted by molar-refractivity contribution is 7.92. The maximum atomic E-state index is 14.5. The smallest absolute Gasteiger partial charge is 0.262 e. The topological polar surface area (TPSA) is 75.3 Å². The molecule has 0 spiro atoms. The van der Waals surface area contributed by atoms with Crippen molar-refractivity contribution in [3.8, 4) is 0 Å². The number of amides is 1. The number of halogens is 5. The monoisotopic (exact) mass is 506 g/mol. The summed E-state index contributed by atoms with van der Waals surface area (Å²) in [5.41, 5.74) is 0.0412. The van der Waals surface area contributed by atoms with E-state index in [-0.39, 0.29) is 36.9 Å². The minimum atomic E-state index is -4.19. The summed E-state index contributed by atoms with van der Waals surface area (Å²) >= 11 is 23.4. The highest BCUT2D eigenvalue weighted by Crippen LogP contribution is 2.33. The van der Waals surface area contributed by atoms with E-state index >= 15 is 0 Å². The number of anilines is 2. The van der Waals surface area contributed by atoms with Crippen LogP contribution in [0.2, 0.25) is 20.1 Å². The fraction of sp³-hybridized carbons (Fsp3) is 0. The van der Waals surface area contributed by atoms with E-state index in [9.17, 15) is 17.6 Å². The number of sulfonamides is 1. The van der Waals surface area contributed by atoms with E-state index in [0.717, 1.165) is 18.2 Å². The maximum absolute atomic E-state index is 14.5. The average Bonchev–Trinajstić information content (AvgIpc) is 2.68. The van der Waals surface area contributed by atoms with Gasteiger partial charge in [0.2, 0.25) is 0 Å². The molecule has 2 N–H and O–H groups in total. The van der Waals surface area contributed by atoms with Crippen molar-refractivity contribution in [2.75, 3.05) is 10.0 Å². The summed E-state index contributed by atoms with van der Waals surface area (Å²) in [4.78, 5) is 11.8. The Morgan fingerprint density at radius 2 is 1.43 bits per heavy atom. The van der Waals surface area contributed by atoms with Gasteiger partial charge < -0.3 is 5.32 Å². The van der Waals surface area contributed by atoms with Crippen LogP contribution < -0.4 is 10.0 Å². The molecule has 0 aliphatic carbocycles. The van der Waals surface area contributed by atoms with Gasteiger partial charge in [0.1, 0.15) is 5.82 Å². The molecule has 0 atom stereocenters. The summed E-state index contributed by atoms with van der Waals surface area (Å²) in [6.07, 6.45) is 0. The fourth-order valence-electron chi connectivity index (χ4n) is 2.36. The van der Waals surface area contributed by atoms with Crippen molar-refractivity contribution in [2.24, 2.45) is 0 Å². The standard InChI is InChI=1S/C19H11Cl4FN2O3S/c20-11-3-1-10(2-4-11)19(27)25-17-6-5-12(7-16(17)24)30(28,29)26-18-9-14(22)13(21)8-15(18)23/h1-9,26H,(H,25,27). The molecular weight excluding hydrogens is 497 g/mol. The Morgan fingerprint density at radius 1 is 0.800 bits per heavy atom. The molecule has 0 saturated heterocycles. The predicted molar refractivity (Wildman–Crippen MR) is 118 cm³/mol. The molecule has 1 amide bonds. The van der Waals surface area contributed by atoms with Crippen LogP contribution in [0.3, 0.4) is 0 Å². The molecule has 0 fully saturated rings. The number of nitrogens with one attached hydrogen (secondary N) is 2. The minimum absolute atomic E-state index is 0.0142. The van der Waals surface area contributed by atoms with Crippen molar-refractivity contribution < 1.29 is 17.6 Å². The van der Waals surface area contributed by atoms with Gasteiger partial charge in [-0.25, -0.2) is 12.8 Å². The third-order valence-corrected chi connectivity index (χ3v) is 6.51. The quantitative estimate of drug-likeness (QED) is 0.387. The van der Waals surface area contributed by atoms with Gasteiger partial charge in [0, 0.05) is 10.6 Å². The molecule has 0 saturated carbocycles. The number of benzene rings is 3. The van der Waals surface area contributed by atoms with Gasteiger partial charge in [-0.15, -0.1) is 0 Å². The lowest BCUT2D eigenvalue weighted by molar-refractivity contribution is 0.102. The summed E-state index contributed by atoms with van der Waals surface area (Å²) in [5.74, 6) is -1.53. The fourth-order valence-corrected chi connectivity index (χ4v) is 4.22. The van der Waals surface area contributed by atoms with E-state index in [1.165, 1.54) is 36.4 Å². The largest absolute Gasteiger partial charge is 0.319 e. The molecule has 3 aromatic carbocycles. The minimum Gasteiger partial charge on any atom is -0.319 e. The molecule has 0 bridgehead atoms. The van der Waals surface area contributed by atoms with Gasteiger partial charge in [0.05, 0.1) is 31.3 Å². The molecule has 0 heterocycles. The van der Waals surface area contributed by atoms with Crippen molar-refractivity contribution in [3.63, 3.8) is 0 Å². The van der Waals surface area contributed by atoms with Crippen molar-refractivity contribution in [1.29, 1.82) is 0 Å². The highest BCUT2D eigenvalue weighted by Gasteiger charge is 2.19. The molecule has 30 heavy (non-hydrogen) atoms. The summed E-state index contributed by atoms with van der Waals surface area (Å²) in [7, 11) is -4.19. The van der Waals surface area contributed by atoms with Crippen LogP contribution in [0.5, 0.6) is 0 Å². The van der Waals surface area contributed by atoms with E-state index in [0.29, 0.717) is 5.02 Å². The van der Waals surface area contributed by atoms with Crippen molar-refractivity contribution in [2.45, 2.75) is 4.90 Å². The van der Waals surface area contributed by atoms with Crippen LogP contribution in [0.25, 0.3) is 0 Å². The maximum Gasteiger partial charge on any atom is 0.262 e. The Hall–Kier alpha value is -2.03. The Kier molecular flexibility index (Phi) is 6.79. The van der Waals surface area contributed by atoms with Crippen LogP contribution in [0, 0.1) is 5.82 Å². The number of hydrogen-bond acceptors (Lipinski definition) is 3. The molecule has 0 unspecified atom stereocenters. The van der Waals surface area contributed by atoms with Crippen molar-refractivity contribution in [3.05, 3.63) is 86.1 Å². The molecule has 0 radical (unpaired) electrons. The molecule has 0 aliphatic rings. The Labute approximate surface area is 191 Å². The van der Waals surface area contributed by atoms with E-state index < -0.39 is 21.7 Å². The van der Waals surface area contributed by atoms with Crippen LogP contribution in [-0.4, -0.2) is 14.3 Å². The van der Waals surface area contributed by atoms with Crippen molar-refractivity contribution in [1.82, 2.24) is 0 Å². The third-order valence-electron chi connectivity index (χ3n) is 3.86. The first-order valence-corrected chi connectivity index (χ1v) is 11.1. The Morgan fingerprint density at radius 3 is 2.07 bits per heavy atom. The van der Waals surface area contributed by atoms with E-state index in [2.05, 4.69) is 10.0 Å². The van der Waals surface area contributed by atoms with Crippen LogP contribution >= 0.6 is 46.4 Å². The predicted octanol–water partition coefficient (Wildman–Crippen LogP) is 6.49. The number of rotatable bonds is 5. The first-order valence-electron chi connectivity index (χ1n) is 8.10. The third kappa shape index (κ3) is 5.17. The van der Waals surface area contributed by atoms with Gasteiger partial charge in [-0.2, -0.15) is 0 Å². The molecule has 0 aliphatic heterocycles. The lowest BCUT2D eigenvalue weighted by Gasteiger charge is -2.12. The van der Waals surface area contributed by atoms with Gasteiger partial charge in [-0.3, -0.25) is 9.52 Å². The summed E-state index contributed by atoms with van der Waals surface area (Å²) in [5, 5.41) is 3.07. The molecule has 11 heteroatoms. The number of hydrogen-bond donors (Lipinski definition) is 2. The zero-order chi connectivity index (χ0) is 22.1. The zero-order valence-corrected chi connectivity index (χ0v) is 18.6. The summed E-state index contributed by atoms with van der Waals surface area (Å²) in [6.45, 7) is 0. The van der Waals surface area contributed by atoms with Crippen LogP contribution in [0.4, 0.5) is 15.8 Å². The van der Waals surface area contributed by atoms with Crippen LogP contribution in [0.1, 0.15) is 10.4 Å². The molecule has 3 rings (SSSR count). The highest BCUT2D eigenvalue weighted by atomic mass is 35.5. The second-order valence-electron chi connectivity index (χ2n) is 5.95. The first-order chi connectivity index (χ1) is 14.1. The van der Waals surface area contributed by atoms with Gasteiger partial charge in [-0.1, -0.05) is 46.4 Å². The lowest BCUT2D eigenvalue weighted by Crippen LogP contribution is -2.15. The summed E-state index contributed by atoms with van der Waals surface area (Å²) < 4.78 is 41.8. The Bertz CT molecular complexity index is 1240. The second kappa shape index (κ2) is 8.99. The average molecular weight is 508 g/mol. The van der Waals surface area contributed by atoms with Crippen LogP contribution in [-0.2, 0) is 10.0 Å². The number of carbonyl (C=O) groups is 1. The molecular formula is C19H11Cl4FN2O3S. The summed E-state index contributed by atoms with van der Waals surface area (Å²) in [6, 6.07) is 11.5. The lowest BCUT2D eigenvalue weighted by atomic mass is 10.2. The molecule has 3 aromatic rings. The van der Waals surface area contributed by atoms with Gasteiger partial charge in [0.25, 0.3) is 15.9 Å². The van der Waals surface area contributed by atoms with Gasteiger partial charge in [0.15, 0.2) is 0 Å². The Balaban J connectivity index is 1.82. The van der Waals surface area contributed by atoms with E-state index in [1.54, 1.807) is 0 Å². The normalized spacial score (nSPS) is 11.2. The SMILES string of the molecule is O=C(Nc1ccc(S(=O)(=O)Nc2cc(Cl)c(Cl)cc2Cl)cc1F)c1ccc(Cl)cc1.